The first-order valence-electron chi connectivity index (χ1n) is 5.84. The fourth-order valence-electron chi connectivity index (χ4n) is 1.86. The predicted molar refractivity (Wildman–Crippen MR) is 78.4 cm³/mol. The minimum Gasteiger partial charge on any atom is -0.378 e. The van der Waals surface area contributed by atoms with Crippen LogP contribution in [0.4, 0.5) is 5.69 Å². The van der Waals surface area contributed by atoms with Crippen LogP contribution in [-0.2, 0) is 9.84 Å². The summed E-state index contributed by atoms with van der Waals surface area (Å²) in [6, 6.07) is 6.96. The van der Waals surface area contributed by atoms with Crippen molar-refractivity contribution in [3.8, 4) is 0 Å². The minimum absolute atomic E-state index is 0.0994. The highest BCUT2D eigenvalue weighted by atomic mass is 32.2. The first kappa shape index (κ1) is 14.0. The number of rotatable bonds is 4. The van der Waals surface area contributed by atoms with Crippen molar-refractivity contribution < 1.29 is 8.42 Å². The molecule has 0 aliphatic carbocycles. The molecule has 2 aromatic rings. The highest BCUT2D eigenvalue weighted by Gasteiger charge is 2.12. The van der Waals surface area contributed by atoms with Crippen LogP contribution < -0.4 is 5.32 Å². The van der Waals surface area contributed by atoms with E-state index in [1.165, 1.54) is 6.26 Å². The van der Waals surface area contributed by atoms with Crippen LogP contribution in [0.1, 0.15) is 23.5 Å². The van der Waals surface area contributed by atoms with Gasteiger partial charge in [-0.2, -0.15) is 0 Å². The van der Waals surface area contributed by atoms with Crippen molar-refractivity contribution in [2.75, 3.05) is 11.6 Å². The molecule has 1 aromatic carbocycles. The Morgan fingerprint density at radius 1 is 1.37 bits per heavy atom. The minimum atomic E-state index is -3.17. The molecule has 0 radical (unpaired) electrons. The van der Waals surface area contributed by atoms with Gasteiger partial charge in [0.05, 0.1) is 22.1 Å². The van der Waals surface area contributed by atoms with E-state index in [4.69, 9.17) is 0 Å². The molecule has 0 amide bonds. The van der Waals surface area contributed by atoms with Gasteiger partial charge in [0.25, 0.3) is 0 Å². The largest absolute Gasteiger partial charge is 0.378 e. The second-order valence-electron chi connectivity index (χ2n) is 4.47. The fraction of sp³-hybridized carbons (Fsp3) is 0.308. The Morgan fingerprint density at radius 3 is 2.68 bits per heavy atom. The summed E-state index contributed by atoms with van der Waals surface area (Å²) in [5.74, 6) is 0. The van der Waals surface area contributed by atoms with Crippen LogP contribution in [0.5, 0.6) is 0 Å². The molecule has 0 spiro atoms. The molecule has 1 N–H and O–H groups in total. The fourth-order valence-corrected chi connectivity index (χ4v) is 3.34. The first-order chi connectivity index (χ1) is 8.88. The van der Waals surface area contributed by atoms with Crippen LogP contribution in [0, 0.1) is 6.92 Å². The van der Waals surface area contributed by atoms with E-state index in [2.05, 4.69) is 10.3 Å². The van der Waals surface area contributed by atoms with E-state index in [1.54, 1.807) is 29.5 Å². The van der Waals surface area contributed by atoms with Crippen molar-refractivity contribution in [1.29, 1.82) is 0 Å². The van der Waals surface area contributed by atoms with Crippen molar-refractivity contribution in [1.82, 2.24) is 4.98 Å². The lowest BCUT2D eigenvalue weighted by Crippen LogP contribution is -2.07. The summed E-state index contributed by atoms with van der Waals surface area (Å²) >= 11 is 1.59. The summed E-state index contributed by atoms with van der Waals surface area (Å²) in [5, 5.41) is 3.30. The van der Waals surface area contributed by atoms with Gasteiger partial charge in [0, 0.05) is 16.8 Å². The normalized spacial score (nSPS) is 13.2. The van der Waals surface area contributed by atoms with Gasteiger partial charge in [0.1, 0.15) is 0 Å². The van der Waals surface area contributed by atoms with Crippen molar-refractivity contribution in [2.24, 2.45) is 0 Å². The topological polar surface area (TPSA) is 59.1 Å². The summed E-state index contributed by atoms with van der Waals surface area (Å²) in [6.07, 6.45) is 1.21. The maximum absolute atomic E-state index is 11.5. The Hall–Kier alpha value is -1.40. The molecule has 102 valence electrons. The Morgan fingerprint density at radius 2 is 2.11 bits per heavy atom. The lowest BCUT2D eigenvalue weighted by molar-refractivity contribution is 0.602. The molecule has 6 heteroatoms. The Kier molecular flexibility index (Phi) is 3.91. The van der Waals surface area contributed by atoms with Gasteiger partial charge in [-0.25, -0.2) is 13.4 Å². The Labute approximate surface area is 117 Å². The summed E-state index contributed by atoms with van der Waals surface area (Å²) in [7, 11) is -3.17. The summed E-state index contributed by atoms with van der Waals surface area (Å²) in [5.41, 5.74) is 3.61. The molecule has 0 saturated heterocycles. The zero-order valence-electron chi connectivity index (χ0n) is 11.0. The smallest absolute Gasteiger partial charge is 0.175 e. The zero-order valence-corrected chi connectivity index (χ0v) is 12.7. The van der Waals surface area contributed by atoms with Crippen molar-refractivity contribution >= 4 is 26.9 Å². The van der Waals surface area contributed by atoms with Crippen molar-refractivity contribution in [3.05, 3.63) is 40.3 Å². The van der Waals surface area contributed by atoms with E-state index >= 15 is 0 Å². The molecular formula is C13H16N2O2S2. The van der Waals surface area contributed by atoms with Crippen LogP contribution in [-0.4, -0.2) is 19.7 Å². The van der Waals surface area contributed by atoms with Crippen LogP contribution in [0.3, 0.4) is 0 Å². The van der Waals surface area contributed by atoms with E-state index in [1.807, 2.05) is 25.4 Å². The number of anilines is 1. The van der Waals surface area contributed by atoms with Gasteiger partial charge in [-0.05, 0) is 32.0 Å². The number of aromatic nitrogens is 1. The average Bonchev–Trinajstić information content (AvgIpc) is 2.75. The number of sulfone groups is 1. The summed E-state index contributed by atoms with van der Waals surface area (Å²) < 4.78 is 23.0. The van der Waals surface area contributed by atoms with Crippen LogP contribution in [0.15, 0.2) is 34.7 Å². The maximum Gasteiger partial charge on any atom is 0.175 e. The lowest BCUT2D eigenvalue weighted by Gasteiger charge is -2.15. The highest BCUT2D eigenvalue weighted by Crippen LogP contribution is 2.26. The number of nitrogens with one attached hydrogen (secondary N) is 1. The maximum atomic E-state index is 11.5. The molecule has 19 heavy (non-hydrogen) atoms. The summed E-state index contributed by atoms with van der Waals surface area (Å²) in [6.45, 7) is 4.00. The molecule has 0 saturated carbocycles. The number of benzene rings is 1. The predicted octanol–water partition coefficient (Wildman–Crippen LogP) is 3.03. The first-order valence-corrected chi connectivity index (χ1v) is 8.61. The average molecular weight is 296 g/mol. The second-order valence-corrected chi connectivity index (χ2v) is 7.37. The molecule has 2 rings (SSSR count). The van der Waals surface area contributed by atoms with Gasteiger partial charge in [-0.15, -0.1) is 11.3 Å². The molecule has 1 heterocycles. The Balaban J connectivity index is 2.23. The summed E-state index contributed by atoms with van der Waals surface area (Å²) in [4.78, 5) is 5.70. The van der Waals surface area contributed by atoms with Gasteiger partial charge in [0.15, 0.2) is 9.84 Å². The number of thiazole rings is 1. The monoisotopic (exact) mass is 296 g/mol. The molecule has 0 aliphatic heterocycles. The number of aryl methyl sites for hydroxylation is 1. The Bertz CT molecular complexity index is 677. The molecule has 1 unspecified atom stereocenters. The number of hydrogen-bond donors (Lipinski definition) is 1. The van der Waals surface area contributed by atoms with Crippen LogP contribution in [0.25, 0.3) is 0 Å². The van der Waals surface area contributed by atoms with E-state index in [0.29, 0.717) is 4.90 Å². The van der Waals surface area contributed by atoms with Gasteiger partial charge in [-0.3, -0.25) is 0 Å². The lowest BCUT2D eigenvalue weighted by atomic mass is 10.2. The molecule has 0 fully saturated rings. The van der Waals surface area contributed by atoms with Gasteiger partial charge >= 0.3 is 0 Å². The van der Waals surface area contributed by atoms with Crippen molar-refractivity contribution in [3.63, 3.8) is 0 Å². The van der Waals surface area contributed by atoms with E-state index in [0.717, 1.165) is 16.3 Å². The molecule has 1 atom stereocenters. The second kappa shape index (κ2) is 5.30. The quantitative estimate of drug-likeness (QED) is 0.942. The van der Waals surface area contributed by atoms with Crippen molar-refractivity contribution in [2.45, 2.75) is 24.8 Å². The van der Waals surface area contributed by atoms with Gasteiger partial charge < -0.3 is 5.32 Å². The van der Waals surface area contributed by atoms with E-state index < -0.39 is 9.84 Å². The SMILES string of the molecule is Cc1ncsc1C(C)Nc1cccc(S(C)(=O)=O)c1. The number of nitrogens with zero attached hydrogens (tertiary/aromatic N) is 1. The van der Waals surface area contributed by atoms with E-state index in [9.17, 15) is 8.42 Å². The van der Waals surface area contributed by atoms with Crippen LogP contribution >= 0.6 is 11.3 Å². The third kappa shape index (κ3) is 3.33. The van der Waals surface area contributed by atoms with Crippen LogP contribution in [0.2, 0.25) is 0 Å². The van der Waals surface area contributed by atoms with Gasteiger partial charge in [-0.1, -0.05) is 6.07 Å². The molecule has 1 aromatic heterocycles. The standard InChI is InChI=1S/C13H16N2O2S2/c1-9-13(18-8-14-9)10(2)15-11-5-4-6-12(7-11)19(3,16)17/h4-8,10,15H,1-3H3. The molecule has 4 nitrogen and oxygen atoms in total. The molecular weight excluding hydrogens is 280 g/mol. The highest BCUT2D eigenvalue weighted by molar-refractivity contribution is 7.90. The third-order valence-corrected chi connectivity index (χ3v) is 5.05. The van der Waals surface area contributed by atoms with E-state index in [-0.39, 0.29) is 6.04 Å². The van der Waals surface area contributed by atoms with Gasteiger partial charge in [0.2, 0.25) is 0 Å². The third-order valence-electron chi connectivity index (χ3n) is 2.82. The molecule has 0 bridgehead atoms. The molecule has 0 aliphatic rings. The zero-order chi connectivity index (χ0) is 14.0. The number of hydrogen-bond acceptors (Lipinski definition) is 5.